The smallest absolute Gasteiger partial charge is 0.293 e. The van der Waals surface area contributed by atoms with E-state index in [-0.39, 0.29) is 17.6 Å². The van der Waals surface area contributed by atoms with Crippen molar-refractivity contribution in [3.8, 4) is 0 Å². The number of nitro benzene ring substituents is 1. The van der Waals surface area contributed by atoms with Gasteiger partial charge in [0.1, 0.15) is 5.69 Å². The molecule has 21 heavy (non-hydrogen) atoms. The highest BCUT2D eigenvalue weighted by Gasteiger charge is 2.21. The van der Waals surface area contributed by atoms with Crippen LogP contribution in [0.15, 0.2) is 18.2 Å². The zero-order valence-electron chi connectivity index (χ0n) is 11.9. The van der Waals surface area contributed by atoms with Crippen molar-refractivity contribution in [3.63, 3.8) is 0 Å². The van der Waals surface area contributed by atoms with Gasteiger partial charge in [0.05, 0.1) is 4.92 Å². The van der Waals surface area contributed by atoms with E-state index in [1.54, 1.807) is 23.9 Å². The number of nitrogens with zero attached hydrogens (tertiary/aromatic N) is 1. The van der Waals surface area contributed by atoms with Crippen LogP contribution in [-0.2, 0) is 0 Å². The van der Waals surface area contributed by atoms with Gasteiger partial charge >= 0.3 is 0 Å². The Balaban J connectivity index is 2.14. The fourth-order valence-electron chi connectivity index (χ4n) is 2.15. The average molecular weight is 309 g/mol. The van der Waals surface area contributed by atoms with Crippen LogP contribution in [0.1, 0.15) is 30.1 Å². The maximum absolute atomic E-state index is 12.1. The van der Waals surface area contributed by atoms with Crippen LogP contribution in [0.25, 0.3) is 0 Å². The summed E-state index contributed by atoms with van der Waals surface area (Å²) in [5, 5.41) is 17.1. The minimum atomic E-state index is -0.458. The lowest BCUT2D eigenvalue weighted by atomic mass is 10.1. The van der Waals surface area contributed by atoms with Gasteiger partial charge in [-0.25, -0.2) is 0 Å². The Morgan fingerprint density at radius 1 is 1.52 bits per heavy atom. The van der Waals surface area contributed by atoms with Crippen molar-refractivity contribution in [2.24, 2.45) is 0 Å². The van der Waals surface area contributed by atoms with Gasteiger partial charge in [-0.05, 0) is 30.7 Å². The third kappa shape index (κ3) is 4.10. The van der Waals surface area contributed by atoms with E-state index in [2.05, 4.69) is 10.6 Å². The molecule has 6 nitrogen and oxygen atoms in total. The molecule has 2 N–H and O–H groups in total. The molecular formula is C14H19N3O3S. The summed E-state index contributed by atoms with van der Waals surface area (Å²) in [5.41, 5.74) is 0.729. The highest BCUT2D eigenvalue weighted by atomic mass is 32.2. The fourth-order valence-corrected chi connectivity index (χ4v) is 3.30. The highest BCUT2D eigenvalue weighted by Crippen LogP contribution is 2.26. The second-order valence-corrected chi connectivity index (χ2v) is 6.10. The molecule has 0 aliphatic carbocycles. The van der Waals surface area contributed by atoms with E-state index in [4.69, 9.17) is 0 Å². The summed E-state index contributed by atoms with van der Waals surface area (Å²) < 4.78 is 0. The van der Waals surface area contributed by atoms with Crippen LogP contribution in [0, 0.1) is 10.1 Å². The Morgan fingerprint density at radius 2 is 2.33 bits per heavy atom. The van der Waals surface area contributed by atoms with Gasteiger partial charge in [-0.1, -0.05) is 6.92 Å². The van der Waals surface area contributed by atoms with Crippen LogP contribution in [0.2, 0.25) is 0 Å². The standard InChI is InChI=1S/C14H19N3O3S/c1-2-6-15-12-4-3-10(8-13(12)17(19)20)14(18)16-11-5-7-21-9-11/h3-4,8,11,15H,2,5-7,9H2,1H3,(H,16,18). The number of thioether (sulfide) groups is 1. The zero-order valence-corrected chi connectivity index (χ0v) is 12.7. The molecule has 1 unspecified atom stereocenters. The molecule has 114 valence electrons. The largest absolute Gasteiger partial charge is 0.380 e. The quantitative estimate of drug-likeness (QED) is 0.623. The molecular weight excluding hydrogens is 290 g/mol. The average Bonchev–Trinajstić information content (AvgIpc) is 2.97. The molecule has 1 amide bonds. The van der Waals surface area contributed by atoms with E-state index >= 15 is 0 Å². The van der Waals surface area contributed by atoms with Crippen LogP contribution in [0.5, 0.6) is 0 Å². The first-order valence-corrected chi connectivity index (χ1v) is 8.18. The first-order chi connectivity index (χ1) is 10.1. The van der Waals surface area contributed by atoms with Crippen molar-refractivity contribution in [1.82, 2.24) is 5.32 Å². The van der Waals surface area contributed by atoms with Gasteiger partial charge in [-0.2, -0.15) is 11.8 Å². The molecule has 1 aromatic carbocycles. The van der Waals surface area contributed by atoms with E-state index in [1.807, 2.05) is 6.92 Å². The minimum Gasteiger partial charge on any atom is -0.380 e. The second kappa shape index (κ2) is 7.31. The lowest BCUT2D eigenvalue weighted by molar-refractivity contribution is -0.384. The summed E-state index contributed by atoms with van der Waals surface area (Å²) in [4.78, 5) is 22.8. The molecule has 1 atom stereocenters. The van der Waals surface area contributed by atoms with Gasteiger partial charge in [0.25, 0.3) is 11.6 Å². The Hall–Kier alpha value is -1.76. The number of carbonyl (C=O) groups is 1. The first kappa shape index (κ1) is 15.6. The maximum atomic E-state index is 12.1. The van der Waals surface area contributed by atoms with Crippen LogP contribution < -0.4 is 10.6 Å². The summed E-state index contributed by atoms with van der Waals surface area (Å²) in [7, 11) is 0. The summed E-state index contributed by atoms with van der Waals surface area (Å²) >= 11 is 1.81. The lowest BCUT2D eigenvalue weighted by Crippen LogP contribution is -2.34. The van der Waals surface area contributed by atoms with Gasteiger partial charge < -0.3 is 10.6 Å². The van der Waals surface area contributed by atoms with Gasteiger partial charge in [0.15, 0.2) is 0 Å². The molecule has 7 heteroatoms. The number of anilines is 1. The number of hydrogen-bond donors (Lipinski definition) is 2. The van der Waals surface area contributed by atoms with E-state index in [0.29, 0.717) is 17.8 Å². The minimum absolute atomic E-state index is 0.0584. The van der Waals surface area contributed by atoms with Crippen LogP contribution in [0.3, 0.4) is 0 Å². The Morgan fingerprint density at radius 3 is 2.95 bits per heavy atom. The molecule has 1 heterocycles. The molecule has 0 radical (unpaired) electrons. The molecule has 2 rings (SSSR count). The first-order valence-electron chi connectivity index (χ1n) is 7.02. The molecule has 1 aromatic rings. The highest BCUT2D eigenvalue weighted by molar-refractivity contribution is 7.99. The fraction of sp³-hybridized carbons (Fsp3) is 0.500. The second-order valence-electron chi connectivity index (χ2n) is 4.95. The van der Waals surface area contributed by atoms with Crippen molar-refractivity contribution in [3.05, 3.63) is 33.9 Å². The Kier molecular flexibility index (Phi) is 5.44. The maximum Gasteiger partial charge on any atom is 0.293 e. The molecule has 0 saturated carbocycles. The summed E-state index contributed by atoms with van der Waals surface area (Å²) in [6.07, 6.45) is 1.83. The number of carbonyl (C=O) groups excluding carboxylic acids is 1. The molecule has 1 aliphatic rings. The molecule has 1 fully saturated rings. The number of amides is 1. The Labute approximate surface area is 127 Å². The third-order valence-corrected chi connectivity index (χ3v) is 4.45. The summed E-state index contributed by atoms with van der Waals surface area (Å²) in [6.45, 7) is 2.64. The van der Waals surface area contributed by atoms with Gasteiger partial charge in [-0.15, -0.1) is 0 Å². The SMILES string of the molecule is CCCNc1ccc(C(=O)NC2CCSC2)cc1[N+](=O)[O-]. The topological polar surface area (TPSA) is 84.3 Å². The van der Waals surface area contributed by atoms with Crippen molar-refractivity contribution in [2.45, 2.75) is 25.8 Å². The van der Waals surface area contributed by atoms with Crippen molar-refractivity contribution < 1.29 is 9.72 Å². The number of benzene rings is 1. The summed E-state index contributed by atoms with van der Waals surface area (Å²) in [6, 6.07) is 4.74. The zero-order chi connectivity index (χ0) is 15.2. The van der Waals surface area contributed by atoms with E-state index < -0.39 is 4.92 Å². The number of hydrogen-bond acceptors (Lipinski definition) is 5. The molecule has 0 spiro atoms. The van der Waals surface area contributed by atoms with Gasteiger partial charge in [-0.3, -0.25) is 14.9 Å². The van der Waals surface area contributed by atoms with Gasteiger partial charge in [0.2, 0.25) is 0 Å². The molecule has 1 saturated heterocycles. The number of nitro groups is 1. The number of rotatable bonds is 6. The van der Waals surface area contributed by atoms with Crippen molar-refractivity contribution in [2.75, 3.05) is 23.4 Å². The van der Waals surface area contributed by atoms with E-state index in [0.717, 1.165) is 24.3 Å². The molecule has 0 aromatic heterocycles. The van der Waals surface area contributed by atoms with Gasteiger partial charge in [0, 0.05) is 30.0 Å². The molecule has 1 aliphatic heterocycles. The van der Waals surface area contributed by atoms with E-state index in [1.165, 1.54) is 6.07 Å². The molecule has 0 bridgehead atoms. The monoisotopic (exact) mass is 309 g/mol. The van der Waals surface area contributed by atoms with Crippen LogP contribution in [0.4, 0.5) is 11.4 Å². The predicted molar refractivity (Wildman–Crippen MR) is 85.1 cm³/mol. The summed E-state index contributed by atoms with van der Waals surface area (Å²) in [5.74, 6) is 1.71. The lowest BCUT2D eigenvalue weighted by Gasteiger charge is -2.12. The van der Waals surface area contributed by atoms with Crippen molar-refractivity contribution >= 4 is 29.0 Å². The Bertz CT molecular complexity index is 530. The normalized spacial score (nSPS) is 17.5. The van der Waals surface area contributed by atoms with Crippen LogP contribution >= 0.6 is 11.8 Å². The third-order valence-electron chi connectivity index (χ3n) is 3.29. The number of nitrogens with one attached hydrogen (secondary N) is 2. The van der Waals surface area contributed by atoms with E-state index in [9.17, 15) is 14.9 Å². The predicted octanol–water partition coefficient (Wildman–Crippen LogP) is 2.65. The van der Waals surface area contributed by atoms with Crippen LogP contribution in [-0.4, -0.2) is 34.9 Å². The van der Waals surface area contributed by atoms with Crippen molar-refractivity contribution in [1.29, 1.82) is 0 Å².